The van der Waals surface area contributed by atoms with Gasteiger partial charge in [-0.1, -0.05) is 35.9 Å². The molecule has 0 unspecified atom stereocenters. The molecule has 2 aromatic rings. The molecular weight excluding hydrogens is 300 g/mol. The molecule has 0 saturated carbocycles. The van der Waals surface area contributed by atoms with Crippen molar-refractivity contribution in [3.05, 3.63) is 71.3 Å². The summed E-state index contributed by atoms with van der Waals surface area (Å²) in [5.74, 6) is -0.412. The Kier molecular flexibility index (Phi) is 5.07. The summed E-state index contributed by atoms with van der Waals surface area (Å²) >= 11 is 0. The molecule has 0 aliphatic rings. The highest BCUT2D eigenvalue weighted by atomic mass is 16.2. The molecule has 0 heterocycles. The molecule has 0 saturated heterocycles. The first kappa shape index (κ1) is 17.7. The predicted molar refractivity (Wildman–Crippen MR) is 95.6 cm³/mol. The molecule has 0 aliphatic heterocycles. The van der Waals surface area contributed by atoms with Crippen LogP contribution in [0, 0.1) is 6.92 Å². The Morgan fingerprint density at radius 2 is 1.42 bits per heavy atom. The normalized spacial score (nSPS) is 11.0. The number of amides is 2. The maximum atomic E-state index is 13.1. The minimum absolute atomic E-state index is 0.196. The number of carbonyl (C=O) groups is 2. The van der Waals surface area contributed by atoms with E-state index < -0.39 is 5.54 Å². The second kappa shape index (κ2) is 6.87. The second-order valence-corrected chi connectivity index (χ2v) is 6.85. The first-order valence-corrected chi connectivity index (χ1v) is 7.96. The SMILES string of the molecule is Cc1cccc(C(=O)N(N(C)C(=O)c2ccccc2)C(C)(C)C)c1. The Bertz CT molecular complexity index is 733. The third-order valence-corrected chi connectivity index (χ3v) is 3.71. The summed E-state index contributed by atoms with van der Waals surface area (Å²) < 4.78 is 0. The van der Waals surface area contributed by atoms with Gasteiger partial charge in [-0.05, 0) is 52.0 Å². The van der Waals surface area contributed by atoms with Gasteiger partial charge in [0.1, 0.15) is 0 Å². The van der Waals surface area contributed by atoms with Gasteiger partial charge in [0, 0.05) is 18.2 Å². The summed E-state index contributed by atoms with van der Waals surface area (Å²) in [6.07, 6.45) is 0. The maximum Gasteiger partial charge on any atom is 0.272 e. The van der Waals surface area contributed by atoms with Gasteiger partial charge in [-0.15, -0.1) is 0 Å². The van der Waals surface area contributed by atoms with E-state index >= 15 is 0 Å². The number of rotatable bonds is 2. The standard InChI is InChI=1S/C20H24N2O2/c1-15-10-9-13-17(14-15)19(24)22(20(2,3)4)21(5)18(23)16-11-7-6-8-12-16/h6-14H,1-5H3. The summed E-state index contributed by atoms with van der Waals surface area (Å²) in [4.78, 5) is 25.8. The topological polar surface area (TPSA) is 40.6 Å². The third-order valence-electron chi connectivity index (χ3n) is 3.71. The van der Waals surface area contributed by atoms with Crippen LogP contribution in [0.25, 0.3) is 0 Å². The largest absolute Gasteiger partial charge is 0.272 e. The Hall–Kier alpha value is -2.62. The van der Waals surface area contributed by atoms with Crippen molar-refractivity contribution in [1.82, 2.24) is 10.0 Å². The first-order chi connectivity index (χ1) is 11.2. The van der Waals surface area contributed by atoms with E-state index in [1.807, 2.05) is 64.1 Å². The number of nitrogens with zero attached hydrogens (tertiary/aromatic N) is 2. The molecule has 0 spiro atoms. The average Bonchev–Trinajstić information content (AvgIpc) is 2.53. The highest BCUT2D eigenvalue weighted by Crippen LogP contribution is 2.21. The molecule has 2 rings (SSSR count). The molecule has 24 heavy (non-hydrogen) atoms. The van der Waals surface area contributed by atoms with E-state index in [0.29, 0.717) is 11.1 Å². The monoisotopic (exact) mass is 324 g/mol. The highest BCUT2D eigenvalue weighted by Gasteiger charge is 2.33. The van der Waals surface area contributed by atoms with Crippen LogP contribution in [-0.2, 0) is 0 Å². The van der Waals surface area contributed by atoms with Gasteiger partial charge >= 0.3 is 0 Å². The molecule has 126 valence electrons. The number of hydrogen-bond donors (Lipinski definition) is 0. The van der Waals surface area contributed by atoms with E-state index in [1.54, 1.807) is 25.2 Å². The van der Waals surface area contributed by atoms with Crippen molar-refractivity contribution in [1.29, 1.82) is 0 Å². The lowest BCUT2D eigenvalue weighted by Gasteiger charge is -2.41. The average molecular weight is 324 g/mol. The number of carbonyl (C=O) groups excluding carboxylic acids is 2. The van der Waals surface area contributed by atoms with Crippen molar-refractivity contribution < 1.29 is 9.59 Å². The fourth-order valence-corrected chi connectivity index (χ4v) is 2.65. The molecule has 0 radical (unpaired) electrons. The highest BCUT2D eigenvalue weighted by molar-refractivity contribution is 5.99. The van der Waals surface area contributed by atoms with Gasteiger partial charge < -0.3 is 0 Å². The van der Waals surface area contributed by atoms with Crippen molar-refractivity contribution in [2.75, 3.05) is 7.05 Å². The molecular formula is C20H24N2O2. The fraction of sp³-hybridized carbons (Fsp3) is 0.300. The lowest BCUT2D eigenvalue weighted by atomic mass is 10.0. The van der Waals surface area contributed by atoms with Gasteiger partial charge in [-0.3, -0.25) is 9.59 Å². The molecule has 0 fully saturated rings. The van der Waals surface area contributed by atoms with E-state index in [2.05, 4.69) is 0 Å². The molecule has 4 heteroatoms. The zero-order chi connectivity index (χ0) is 17.9. The smallest absolute Gasteiger partial charge is 0.267 e. The van der Waals surface area contributed by atoms with Crippen molar-refractivity contribution >= 4 is 11.8 Å². The van der Waals surface area contributed by atoms with E-state index in [0.717, 1.165) is 5.56 Å². The molecule has 0 N–H and O–H groups in total. The minimum atomic E-state index is -0.542. The van der Waals surface area contributed by atoms with Crippen LogP contribution in [0.2, 0.25) is 0 Å². The summed E-state index contributed by atoms with van der Waals surface area (Å²) in [7, 11) is 1.63. The summed E-state index contributed by atoms with van der Waals surface area (Å²) in [6.45, 7) is 7.68. The van der Waals surface area contributed by atoms with Crippen LogP contribution in [0.5, 0.6) is 0 Å². The Labute approximate surface area is 143 Å². The van der Waals surface area contributed by atoms with Crippen molar-refractivity contribution in [3.63, 3.8) is 0 Å². The van der Waals surface area contributed by atoms with Gasteiger partial charge in [-0.25, -0.2) is 10.0 Å². The van der Waals surface area contributed by atoms with Gasteiger partial charge in [0.15, 0.2) is 0 Å². The van der Waals surface area contributed by atoms with Crippen LogP contribution in [0.3, 0.4) is 0 Å². The molecule has 2 amide bonds. The first-order valence-electron chi connectivity index (χ1n) is 7.96. The molecule has 0 aliphatic carbocycles. The zero-order valence-electron chi connectivity index (χ0n) is 14.9. The summed E-state index contributed by atoms with van der Waals surface area (Å²) in [5.41, 5.74) is 1.58. The Balaban J connectivity index is 2.39. The van der Waals surface area contributed by atoms with E-state index in [1.165, 1.54) is 10.0 Å². The molecule has 2 aromatic carbocycles. The number of benzene rings is 2. The van der Waals surface area contributed by atoms with Crippen molar-refractivity contribution in [2.24, 2.45) is 0 Å². The predicted octanol–water partition coefficient (Wildman–Crippen LogP) is 3.92. The Morgan fingerprint density at radius 1 is 0.833 bits per heavy atom. The number of hydrogen-bond acceptors (Lipinski definition) is 2. The van der Waals surface area contributed by atoms with Crippen LogP contribution in [0.1, 0.15) is 47.1 Å². The molecule has 0 aromatic heterocycles. The quantitative estimate of drug-likeness (QED) is 0.786. The van der Waals surface area contributed by atoms with E-state index in [4.69, 9.17) is 0 Å². The van der Waals surface area contributed by atoms with Crippen molar-refractivity contribution in [2.45, 2.75) is 33.2 Å². The maximum absolute atomic E-state index is 13.1. The zero-order valence-corrected chi connectivity index (χ0v) is 14.9. The second-order valence-electron chi connectivity index (χ2n) is 6.85. The van der Waals surface area contributed by atoms with E-state index in [-0.39, 0.29) is 11.8 Å². The fourth-order valence-electron chi connectivity index (χ4n) is 2.65. The van der Waals surface area contributed by atoms with Crippen LogP contribution in [0.15, 0.2) is 54.6 Å². The lowest BCUT2D eigenvalue weighted by molar-refractivity contribution is -0.0308. The Morgan fingerprint density at radius 3 is 1.96 bits per heavy atom. The van der Waals surface area contributed by atoms with Crippen LogP contribution < -0.4 is 0 Å². The number of hydrazine groups is 1. The van der Waals surface area contributed by atoms with Crippen LogP contribution in [0.4, 0.5) is 0 Å². The minimum Gasteiger partial charge on any atom is -0.267 e. The summed E-state index contributed by atoms with van der Waals surface area (Å²) in [6, 6.07) is 16.4. The van der Waals surface area contributed by atoms with Crippen LogP contribution in [-0.4, -0.2) is 34.4 Å². The van der Waals surface area contributed by atoms with Crippen LogP contribution >= 0.6 is 0 Å². The third kappa shape index (κ3) is 3.82. The lowest BCUT2D eigenvalue weighted by Crippen LogP contribution is -2.56. The van der Waals surface area contributed by atoms with Gasteiger partial charge in [0.25, 0.3) is 11.8 Å². The molecule has 0 bridgehead atoms. The molecule has 4 nitrogen and oxygen atoms in total. The molecule has 0 atom stereocenters. The van der Waals surface area contributed by atoms with Gasteiger partial charge in [0.2, 0.25) is 0 Å². The van der Waals surface area contributed by atoms with E-state index in [9.17, 15) is 9.59 Å². The number of aryl methyl sites for hydroxylation is 1. The summed E-state index contributed by atoms with van der Waals surface area (Å²) in [5, 5.41) is 2.91. The van der Waals surface area contributed by atoms with Gasteiger partial charge in [0.05, 0.1) is 5.54 Å². The van der Waals surface area contributed by atoms with Crippen molar-refractivity contribution in [3.8, 4) is 0 Å². The van der Waals surface area contributed by atoms with Gasteiger partial charge in [-0.2, -0.15) is 0 Å².